The maximum atomic E-state index is 10.5. The minimum absolute atomic E-state index is 0. The first-order valence-electron chi connectivity index (χ1n) is 9.18. The van der Waals surface area contributed by atoms with Crippen LogP contribution >= 0.6 is 46.7 Å². The number of rotatable bonds is 8. The number of benzene rings is 1. The standard InChI is InChI=1S/C20H26N4OS2.HI/c1-14-13-26-19(24-14)9-5-6-10-22-20(21-2)23-12-16(25)18-11-15-7-3-4-8-17(15)27-18;/h3-4,7-8,11,13,16,25H,5-6,9-10,12H2,1-2H3,(H2,21,22,23);1H. The number of nitrogens with zero attached hydrogens (tertiary/aromatic N) is 2. The average molecular weight is 531 g/mol. The fraction of sp³-hybridized carbons (Fsp3) is 0.400. The Balaban J connectivity index is 0.00000280. The Morgan fingerprint density at radius 2 is 2.07 bits per heavy atom. The number of thiazole rings is 1. The Labute approximate surface area is 191 Å². The van der Waals surface area contributed by atoms with Gasteiger partial charge < -0.3 is 15.7 Å². The normalized spacial score (nSPS) is 12.6. The van der Waals surface area contributed by atoms with Gasteiger partial charge in [-0.3, -0.25) is 4.99 Å². The summed E-state index contributed by atoms with van der Waals surface area (Å²) in [4.78, 5) is 9.69. The van der Waals surface area contributed by atoms with Crippen molar-refractivity contribution in [3.63, 3.8) is 0 Å². The molecule has 0 fully saturated rings. The molecule has 0 amide bonds. The summed E-state index contributed by atoms with van der Waals surface area (Å²) in [6, 6.07) is 10.3. The van der Waals surface area contributed by atoms with Crippen molar-refractivity contribution in [2.75, 3.05) is 20.1 Å². The van der Waals surface area contributed by atoms with Gasteiger partial charge in [-0.15, -0.1) is 46.7 Å². The first-order chi connectivity index (χ1) is 13.2. The zero-order chi connectivity index (χ0) is 19.1. The number of aryl methyl sites for hydroxylation is 2. The molecular formula is C20H27IN4OS2. The highest BCUT2D eigenvalue weighted by molar-refractivity contribution is 14.0. The third-order valence-electron chi connectivity index (χ3n) is 4.24. The summed E-state index contributed by atoms with van der Waals surface area (Å²) in [5.41, 5.74) is 1.11. The van der Waals surface area contributed by atoms with Gasteiger partial charge in [0.2, 0.25) is 0 Å². The van der Waals surface area contributed by atoms with Crippen LogP contribution in [-0.2, 0) is 6.42 Å². The summed E-state index contributed by atoms with van der Waals surface area (Å²) in [7, 11) is 1.75. The third-order valence-corrected chi connectivity index (χ3v) is 6.48. The number of halogens is 1. The molecular weight excluding hydrogens is 503 g/mol. The molecule has 0 radical (unpaired) electrons. The lowest BCUT2D eigenvalue weighted by Gasteiger charge is -2.14. The highest BCUT2D eigenvalue weighted by Gasteiger charge is 2.12. The number of guanidine groups is 1. The van der Waals surface area contributed by atoms with E-state index < -0.39 is 6.10 Å². The number of aromatic nitrogens is 1. The maximum Gasteiger partial charge on any atom is 0.191 e. The van der Waals surface area contributed by atoms with Gasteiger partial charge in [0.1, 0.15) is 6.10 Å². The Hall–Kier alpha value is -1.23. The van der Waals surface area contributed by atoms with Crippen molar-refractivity contribution < 1.29 is 5.11 Å². The van der Waals surface area contributed by atoms with Gasteiger partial charge in [0.25, 0.3) is 0 Å². The van der Waals surface area contributed by atoms with Gasteiger partial charge in [-0.25, -0.2) is 4.98 Å². The Morgan fingerprint density at radius 1 is 1.25 bits per heavy atom. The van der Waals surface area contributed by atoms with Crippen molar-refractivity contribution >= 4 is 62.7 Å². The molecule has 1 aromatic carbocycles. The highest BCUT2D eigenvalue weighted by Crippen LogP contribution is 2.29. The summed E-state index contributed by atoms with van der Waals surface area (Å²) < 4.78 is 1.20. The smallest absolute Gasteiger partial charge is 0.191 e. The Bertz CT molecular complexity index is 860. The van der Waals surface area contributed by atoms with E-state index in [9.17, 15) is 5.11 Å². The first kappa shape index (κ1) is 23.1. The molecule has 3 rings (SSSR count). The largest absolute Gasteiger partial charge is 0.386 e. The Morgan fingerprint density at radius 3 is 2.79 bits per heavy atom. The molecule has 8 heteroatoms. The zero-order valence-electron chi connectivity index (χ0n) is 16.1. The summed E-state index contributed by atoms with van der Waals surface area (Å²) >= 11 is 3.37. The van der Waals surface area contributed by atoms with Crippen LogP contribution in [0.25, 0.3) is 10.1 Å². The van der Waals surface area contributed by atoms with E-state index in [1.54, 1.807) is 29.7 Å². The van der Waals surface area contributed by atoms with Crippen LogP contribution in [0.2, 0.25) is 0 Å². The van der Waals surface area contributed by atoms with Gasteiger partial charge in [0.05, 0.1) is 5.01 Å². The van der Waals surface area contributed by atoms with Crippen LogP contribution in [0.1, 0.15) is 34.5 Å². The number of aliphatic hydroxyl groups excluding tert-OH is 1. The maximum absolute atomic E-state index is 10.5. The molecule has 0 saturated heterocycles. The topological polar surface area (TPSA) is 69.5 Å². The molecule has 1 unspecified atom stereocenters. The first-order valence-corrected chi connectivity index (χ1v) is 10.9. The molecule has 0 aliphatic heterocycles. The van der Waals surface area contributed by atoms with Gasteiger partial charge >= 0.3 is 0 Å². The van der Waals surface area contributed by atoms with E-state index in [0.717, 1.165) is 42.3 Å². The quantitative estimate of drug-likeness (QED) is 0.174. The van der Waals surface area contributed by atoms with E-state index in [2.05, 4.69) is 44.2 Å². The van der Waals surface area contributed by atoms with E-state index in [1.165, 1.54) is 15.1 Å². The van der Waals surface area contributed by atoms with Crippen molar-refractivity contribution in [3.05, 3.63) is 51.3 Å². The second-order valence-electron chi connectivity index (χ2n) is 6.42. The number of thiophene rings is 1. The molecule has 28 heavy (non-hydrogen) atoms. The lowest BCUT2D eigenvalue weighted by molar-refractivity contribution is 0.184. The number of unbranched alkanes of at least 4 members (excludes halogenated alkanes) is 1. The van der Waals surface area contributed by atoms with Crippen LogP contribution in [0.5, 0.6) is 0 Å². The van der Waals surface area contributed by atoms with Gasteiger partial charge in [-0.2, -0.15) is 0 Å². The average Bonchev–Trinajstić information content (AvgIpc) is 3.29. The highest BCUT2D eigenvalue weighted by atomic mass is 127. The van der Waals surface area contributed by atoms with Crippen molar-refractivity contribution in [1.29, 1.82) is 0 Å². The minimum Gasteiger partial charge on any atom is -0.386 e. The van der Waals surface area contributed by atoms with Crippen molar-refractivity contribution in [1.82, 2.24) is 15.6 Å². The van der Waals surface area contributed by atoms with Crippen LogP contribution in [-0.4, -0.2) is 36.2 Å². The van der Waals surface area contributed by atoms with Gasteiger partial charge in [-0.05, 0) is 43.7 Å². The van der Waals surface area contributed by atoms with Gasteiger partial charge in [0, 0.05) is 40.8 Å². The molecule has 1 atom stereocenters. The fourth-order valence-electron chi connectivity index (χ4n) is 2.81. The lowest BCUT2D eigenvalue weighted by Crippen LogP contribution is -2.39. The number of fused-ring (bicyclic) bond motifs is 1. The van der Waals surface area contributed by atoms with E-state index in [1.807, 2.05) is 19.1 Å². The lowest BCUT2D eigenvalue weighted by atomic mass is 10.2. The zero-order valence-corrected chi connectivity index (χ0v) is 20.1. The van der Waals surface area contributed by atoms with Crippen LogP contribution in [0, 0.1) is 6.92 Å². The van der Waals surface area contributed by atoms with E-state index in [0.29, 0.717) is 6.54 Å². The monoisotopic (exact) mass is 530 g/mol. The molecule has 2 aromatic heterocycles. The predicted octanol–water partition coefficient (Wildman–Crippen LogP) is 4.51. The van der Waals surface area contributed by atoms with Crippen molar-refractivity contribution in [2.24, 2.45) is 4.99 Å². The SMILES string of the molecule is CN=C(NCCCCc1nc(C)cs1)NCC(O)c1cc2ccccc2s1.I. The van der Waals surface area contributed by atoms with Gasteiger partial charge in [-0.1, -0.05) is 18.2 Å². The molecule has 5 nitrogen and oxygen atoms in total. The van der Waals surface area contributed by atoms with E-state index in [-0.39, 0.29) is 24.0 Å². The van der Waals surface area contributed by atoms with Crippen LogP contribution in [0.3, 0.4) is 0 Å². The Kier molecular flexibility index (Phi) is 9.63. The molecule has 0 aliphatic carbocycles. The van der Waals surface area contributed by atoms with Crippen LogP contribution in [0.4, 0.5) is 0 Å². The number of hydrogen-bond donors (Lipinski definition) is 3. The van der Waals surface area contributed by atoms with Crippen LogP contribution in [0.15, 0.2) is 40.7 Å². The molecule has 152 valence electrons. The minimum atomic E-state index is -0.547. The second-order valence-corrected chi connectivity index (χ2v) is 8.48. The molecule has 2 heterocycles. The van der Waals surface area contributed by atoms with E-state index in [4.69, 9.17) is 0 Å². The molecule has 3 N–H and O–H groups in total. The number of nitrogens with one attached hydrogen (secondary N) is 2. The molecule has 0 saturated carbocycles. The third kappa shape index (κ3) is 6.68. The summed E-state index contributed by atoms with van der Waals surface area (Å²) in [5.74, 6) is 0.722. The molecule has 3 aromatic rings. The predicted molar refractivity (Wildman–Crippen MR) is 131 cm³/mol. The summed E-state index contributed by atoms with van der Waals surface area (Å²) in [5, 5.41) is 21.5. The summed E-state index contributed by atoms with van der Waals surface area (Å²) in [6.07, 6.45) is 2.63. The van der Waals surface area contributed by atoms with Gasteiger partial charge in [0.15, 0.2) is 5.96 Å². The molecule has 0 spiro atoms. The van der Waals surface area contributed by atoms with Crippen molar-refractivity contribution in [3.8, 4) is 0 Å². The molecule has 0 bridgehead atoms. The van der Waals surface area contributed by atoms with Crippen LogP contribution < -0.4 is 10.6 Å². The van der Waals surface area contributed by atoms with Crippen molar-refractivity contribution in [2.45, 2.75) is 32.3 Å². The second kappa shape index (κ2) is 11.7. The number of aliphatic hydroxyl groups is 1. The number of hydrogen-bond acceptors (Lipinski definition) is 5. The fourth-order valence-corrected chi connectivity index (χ4v) is 4.68. The summed E-state index contributed by atoms with van der Waals surface area (Å²) in [6.45, 7) is 3.32. The molecule has 0 aliphatic rings. The van der Waals surface area contributed by atoms with E-state index >= 15 is 0 Å². The number of aliphatic imine (C=N–C) groups is 1.